The molecular formula is C22H41N9O7. The number of amides is 5. The van der Waals surface area contributed by atoms with Gasteiger partial charge in [-0.15, -0.1) is 0 Å². The zero-order valence-electron chi connectivity index (χ0n) is 21.8. The highest BCUT2D eigenvalue weighted by Crippen LogP contribution is 2.09. The highest BCUT2D eigenvalue weighted by molar-refractivity contribution is 5.94. The molecule has 0 heterocycles. The van der Waals surface area contributed by atoms with E-state index in [-0.39, 0.29) is 63.4 Å². The number of carboxylic acids is 1. The number of primary amides is 2. The van der Waals surface area contributed by atoms with E-state index in [1.165, 1.54) is 0 Å². The lowest BCUT2D eigenvalue weighted by molar-refractivity contribution is -0.142. The summed E-state index contributed by atoms with van der Waals surface area (Å²) in [5, 5.41) is 16.8. The molecule has 16 heteroatoms. The van der Waals surface area contributed by atoms with Crippen LogP contribution in [0.4, 0.5) is 0 Å². The molecular weight excluding hydrogens is 502 g/mol. The SMILES string of the molecule is CC(C)CC(NC(=O)C(CCC(N)=O)NC(=O)C(N)CCC(N)=O)C(=O)NC(CCCN=C(N)N)C(=O)O. The van der Waals surface area contributed by atoms with E-state index in [1.807, 2.05) is 0 Å². The summed E-state index contributed by atoms with van der Waals surface area (Å²) < 4.78 is 0. The topological polar surface area (TPSA) is 301 Å². The quantitative estimate of drug-likeness (QED) is 0.0439. The van der Waals surface area contributed by atoms with Crippen molar-refractivity contribution >= 4 is 41.5 Å². The number of carbonyl (C=O) groups excluding carboxylic acids is 5. The van der Waals surface area contributed by atoms with Gasteiger partial charge in [0, 0.05) is 19.4 Å². The van der Waals surface area contributed by atoms with E-state index in [0.717, 1.165) is 0 Å². The van der Waals surface area contributed by atoms with Crippen LogP contribution in [0, 0.1) is 5.92 Å². The average Bonchev–Trinajstić information content (AvgIpc) is 2.80. The number of carbonyl (C=O) groups is 6. The molecule has 0 aromatic heterocycles. The molecule has 5 amide bonds. The van der Waals surface area contributed by atoms with E-state index < -0.39 is 59.7 Å². The lowest BCUT2D eigenvalue weighted by Gasteiger charge is -2.26. The number of guanidine groups is 1. The molecule has 0 rings (SSSR count). The normalized spacial score (nSPS) is 13.9. The third-order valence-electron chi connectivity index (χ3n) is 5.25. The number of nitrogens with two attached hydrogens (primary N) is 5. The fraction of sp³-hybridized carbons (Fsp3) is 0.682. The van der Waals surface area contributed by atoms with Crippen molar-refractivity contribution in [2.45, 2.75) is 83.0 Å². The Morgan fingerprint density at radius 1 is 0.737 bits per heavy atom. The Morgan fingerprint density at radius 2 is 1.24 bits per heavy atom. The van der Waals surface area contributed by atoms with E-state index >= 15 is 0 Å². The van der Waals surface area contributed by atoms with Crippen LogP contribution in [0.15, 0.2) is 4.99 Å². The van der Waals surface area contributed by atoms with Crippen molar-refractivity contribution in [3.05, 3.63) is 0 Å². The first-order chi connectivity index (χ1) is 17.6. The zero-order chi connectivity index (χ0) is 29.4. The van der Waals surface area contributed by atoms with Crippen LogP contribution in [0.3, 0.4) is 0 Å². The standard InChI is InChI=1S/C22H41N9O7/c1-11(2)10-15(20(36)30-14(21(37)38)4-3-9-28-22(26)27)31-19(35)13(6-8-17(25)33)29-18(34)12(23)5-7-16(24)32/h11-15H,3-10,23H2,1-2H3,(H2,24,32)(H2,25,33)(H,29,34)(H,30,36)(H,31,35)(H,37,38)(H4,26,27,28). The summed E-state index contributed by atoms with van der Waals surface area (Å²) in [6, 6.07) is -4.86. The molecule has 0 aliphatic carbocycles. The van der Waals surface area contributed by atoms with Crippen molar-refractivity contribution in [2.24, 2.45) is 39.6 Å². The van der Waals surface area contributed by atoms with Crippen molar-refractivity contribution in [1.29, 1.82) is 0 Å². The molecule has 0 aromatic rings. The molecule has 4 unspecified atom stereocenters. The fourth-order valence-electron chi connectivity index (χ4n) is 3.27. The van der Waals surface area contributed by atoms with Crippen LogP contribution in [-0.2, 0) is 28.8 Å². The van der Waals surface area contributed by atoms with Gasteiger partial charge >= 0.3 is 5.97 Å². The molecule has 0 saturated carbocycles. The minimum absolute atomic E-state index is 0.0285. The van der Waals surface area contributed by atoms with E-state index in [9.17, 15) is 33.9 Å². The Labute approximate surface area is 220 Å². The third-order valence-corrected chi connectivity index (χ3v) is 5.25. The van der Waals surface area contributed by atoms with Crippen molar-refractivity contribution in [2.75, 3.05) is 6.54 Å². The first kappa shape index (κ1) is 34.0. The maximum atomic E-state index is 13.0. The lowest BCUT2D eigenvalue weighted by atomic mass is 10.0. The van der Waals surface area contributed by atoms with Crippen LogP contribution in [-0.4, -0.2) is 77.3 Å². The van der Waals surface area contributed by atoms with Crippen molar-refractivity contribution in [3.63, 3.8) is 0 Å². The minimum Gasteiger partial charge on any atom is -0.480 e. The average molecular weight is 544 g/mol. The number of hydrogen-bond donors (Lipinski definition) is 9. The van der Waals surface area contributed by atoms with Crippen LogP contribution in [0.25, 0.3) is 0 Å². The monoisotopic (exact) mass is 543 g/mol. The third kappa shape index (κ3) is 15.2. The molecule has 0 aromatic carbocycles. The molecule has 38 heavy (non-hydrogen) atoms. The first-order valence-corrected chi connectivity index (χ1v) is 12.1. The largest absolute Gasteiger partial charge is 0.480 e. The van der Waals surface area contributed by atoms with Gasteiger partial charge in [-0.05, 0) is 38.0 Å². The maximum absolute atomic E-state index is 13.0. The molecule has 16 nitrogen and oxygen atoms in total. The number of aliphatic carboxylic acids is 1. The van der Waals surface area contributed by atoms with Gasteiger partial charge in [0.05, 0.1) is 6.04 Å². The van der Waals surface area contributed by atoms with Crippen molar-refractivity contribution in [1.82, 2.24) is 16.0 Å². The number of nitrogens with one attached hydrogen (secondary N) is 3. The molecule has 0 radical (unpaired) electrons. The Balaban J connectivity index is 5.53. The number of carboxylic acid groups (broad SMARTS) is 1. The van der Waals surface area contributed by atoms with E-state index in [0.29, 0.717) is 0 Å². The zero-order valence-corrected chi connectivity index (χ0v) is 21.8. The van der Waals surface area contributed by atoms with Gasteiger partial charge in [-0.1, -0.05) is 13.8 Å². The number of rotatable bonds is 19. The molecule has 0 aliphatic heterocycles. The predicted molar refractivity (Wildman–Crippen MR) is 138 cm³/mol. The molecule has 0 aliphatic rings. The summed E-state index contributed by atoms with van der Waals surface area (Å²) in [6.45, 7) is 3.75. The predicted octanol–water partition coefficient (Wildman–Crippen LogP) is -3.52. The van der Waals surface area contributed by atoms with Gasteiger partial charge in [0.15, 0.2) is 5.96 Å². The molecule has 0 spiro atoms. The van der Waals surface area contributed by atoms with Gasteiger partial charge in [-0.25, -0.2) is 4.79 Å². The van der Waals surface area contributed by atoms with E-state index in [1.54, 1.807) is 13.8 Å². The molecule has 0 bridgehead atoms. The Hall–Kier alpha value is -3.95. The molecule has 0 saturated heterocycles. The van der Waals surface area contributed by atoms with Gasteiger partial charge in [0.25, 0.3) is 0 Å². The smallest absolute Gasteiger partial charge is 0.326 e. The highest BCUT2D eigenvalue weighted by Gasteiger charge is 2.31. The number of hydrogen-bond acceptors (Lipinski definition) is 8. The van der Waals surface area contributed by atoms with Crippen LogP contribution in [0.1, 0.15) is 58.8 Å². The molecule has 0 fully saturated rings. The second-order valence-corrected chi connectivity index (χ2v) is 9.22. The highest BCUT2D eigenvalue weighted by atomic mass is 16.4. The van der Waals surface area contributed by atoms with Crippen LogP contribution < -0.4 is 44.6 Å². The minimum atomic E-state index is -1.29. The molecule has 216 valence electrons. The van der Waals surface area contributed by atoms with Gasteiger partial charge in [0.2, 0.25) is 29.5 Å². The first-order valence-electron chi connectivity index (χ1n) is 12.1. The summed E-state index contributed by atoms with van der Waals surface area (Å²) in [5.74, 6) is -5.22. The summed E-state index contributed by atoms with van der Waals surface area (Å²) in [4.78, 5) is 76.1. The van der Waals surface area contributed by atoms with Gasteiger partial charge in [0.1, 0.15) is 18.1 Å². The van der Waals surface area contributed by atoms with E-state index in [2.05, 4.69) is 20.9 Å². The fourth-order valence-corrected chi connectivity index (χ4v) is 3.27. The van der Waals surface area contributed by atoms with Crippen LogP contribution in [0.5, 0.6) is 0 Å². The van der Waals surface area contributed by atoms with Gasteiger partial charge in [-0.2, -0.15) is 0 Å². The van der Waals surface area contributed by atoms with Gasteiger partial charge in [-0.3, -0.25) is 29.0 Å². The summed E-state index contributed by atoms with van der Waals surface area (Å²) in [7, 11) is 0. The summed E-state index contributed by atoms with van der Waals surface area (Å²) >= 11 is 0. The number of aliphatic imine (C=N–C) groups is 1. The summed E-state index contributed by atoms with van der Waals surface area (Å²) in [6.07, 6.45) is -0.217. The van der Waals surface area contributed by atoms with Crippen molar-refractivity contribution < 1.29 is 33.9 Å². The second-order valence-electron chi connectivity index (χ2n) is 9.22. The van der Waals surface area contributed by atoms with Crippen molar-refractivity contribution in [3.8, 4) is 0 Å². The number of nitrogens with zero attached hydrogens (tertiary/aromatic N) is 1. The van der Waals surface area contributed by atoms with Crippen LogP contribution in [0.2, 0.25) is 0 Å². The molecule has 14 N–H and O–H groups in total. The lowest BCUT2D eigenvalue weighted by Crippen LogP contribution is -2.57. The summed E-state index contributed by atoms with van der Waals surface area (Å²) in [5.41, 5.74) is 26.5. The molecule has 4 atom stereocenters. The Morgan fingerprint density at radius 3 is 1.74 bits per heavy atom. The van der Waals surface area contributed by atoms with Crippen LogP contribution >= 0.6 is 0 Å². The Bertz CT molecular complexity index is 875. The maximum Gasteiger partial charge on any atom is 0.326 e. The van der Waals surface area contributed by atoms with Gasteiger partial charge < -0.3 is 49.7 Å². The van der Waals surface area contributed by atoms with E-state index in [4.69, 9.17) is 28.7 Å². The Kier molecular flexibility index (Phi) is 15.7. The second kappa shape index (κ2) is 17.5.